The summed E-state index contributed by atoms with van der Waals surface area (Å²) in [6.07, 6.45) is 0. The zero-order valence-electron chi connectivity index (χ0n) is 18.2. The lowest BCUT2D eigenvalue weighted by Gasteiger charge is -2.28. The lowest BCUT2D eigenvalue weighted by Crippen LogP contribution is -2.45. The minimum atomic E-state index is -1.41. The summed E-state index contributed by atoms with van der Waals surface area (Å²) >= 11 is 0. The van der Waals surface area contributed by atoms with Crippen molar-refractivity contribution in [3.05, 3.63) is 90.0 Å². The van der Waals surface area contributed by atoms with Crippen LogP contribution in [0.2, 0.25) is 0 Å². The molecule has 33 heavy (non-hydrogen) atoms. The highest BCUT2D eigenvalue weighted by Gasteiger charge is 2.54. The Morgan fingerprint density at radius 1 is 0.879 bits per heavy atom. The fourth-order valence-corrected chi connectivity index (χ4v) is 3.91. The lowest BCUT2D eigenvalue weighted by atomic mass is 9.82. The van der Waals surface area contributed by atoms with Gasteiger partial charge in [0.15, 0.2) is 17.0 Å². The maximum absolute atomic E-state index is 13.6. The van der Waals surface area contributed by atoms with Gasteiger partial charge in [0, 0.05) is 11.8 Å². The number of hydrogen-bond donors (Lipinski definition) is 2. The standard InChI is InChI=1S/C25H23N3O5/c1-32-20-14-13-19(15-21(20)33-2)26-22(29)16-28-23(30)25(27-24(28)31,17-9-5-3-6-10-17)18-11-7-4-8-12-18/h3-15H,16H2,1-2H3,(H,26,29)(H,27,31). The van der Waals surface area contributed by atoms with Crippen LogP contribution in [0.4, 0.5) is 10.5 Å². The van der Waals surface area contributed by atoms with Gasteiger partial charge in [-0.3, -0.25) is 14.5 Å². The third-order valence-electron chi connectivity index (χ3n) is 5.49. The molecular formula is C25H23N3O5. The molecule has 1 heterocycles. The van der Waals surface area contributed by atoms with Gasteiger partial charge in [-0.25, -0.2) is 4.79 Å². The molecule has 3 aromatic rings. The first kappa shape index (κ1) is 21.9. The first-order valence-corrected chi connectivity index (χ1v) is 10.3. The first-order chi connectivity index (χ1) is 16.0. The van der Waals surface area contributed by atoms with E-state index in [1.54, 1.807) is 66.7 Å². The second-order valence-corrected chi connectivity index (χ2v) is 7.42. The van der Waals surface area contributed by atoms with Crippen molar-refractivity contribution in [2.24, 2.45) is 0 Å². The molecule has 3 aromatic carbocycles. The van der Waals surface area contributed by atoms with Gasteiger partial charge >= 0.3 is 6.03 Å². The quantitative estimate of drug-likeness (QED) is 0.545. The molecule has 1 aliphatic heterocycles. The number of urea groups is 1. The van der Waals surface area contributed by atoms with E-state index in [2.05, 4.69) is 10.6 Å². The smallest absolute Gasteiger partial charge is 0.326 e. The first-order valence-electron chi connectivity index (χ1n) is 10.3. The van der Waals surface area contributed by atoms with Crippen LogP contribution in [-0.4, -0.2) is 43.5 Å². The molecule has 0 atom stereocenters. The Labute approximate surface area is 191 Å². The molecule has 168 valence electrons. The highest BCUT2D eigenvalue weighted by atomic mass is 16.5. The maximum Gasteiger partial charge on any atom is 0.326 e. The van der Waals surface area contributed by atoms with Gasteiger partial charge in [0.2, 0.25) is 5.91 Å². The summed E-state index contributed by atoms with van der Waals surface area (Å²) in [6, 6.07) is 22.2. The van der Waals surface area contributed by atoms with E-state index in [-0.39, 0.29) is 0 Å². The Morgan fingerprint density at radius 3 is 2.00 bits per heavy atom. The van der Waals surface area contributed by atoms with Crippen molar-refractivity contribution >= 4 is 23.5 Å². The van der Waals surface area contributed by atoms with Crippen LogP contribution in [0.1, 0.15) is 11.1 Å². The summed E-state index contributed by atoms with van der Waals surface area (Å²) in [5, 5.41) is 5.52. The van der Waals surface area contributed by atoms with E-state index >= 15 is 0 Å². The number of benzene rings is 3. The molecule has 1 fully saturated rings. The van der Waals surface area contributed by atoms with E-state index in [9.17, 15) is 14.4 Å². The zero-order chi connectivity index (χ0) is 23.4. The molecule has 4 rings (SSSR count). The van der Waals surface area contributed by atoms with E-state index in [0.29, 0.717) is 28.3 Å². The minimum Gasteiger partial charge on any atom is -0.493 e. The summed E-state index contributed by atoms with van der Waals surface area (Å²) in [5.41, 5.74) is 0.250. The van der Waals surface area contributed by atoms with Gasteiger partial charge < -0.3 is 20.1 Å². The number of nitrogens with one attached hydrogen (secondary N) is 2. The van der Waals surface area contributed by atoms with Crippen molar-refractivity contribution in [2.45, 2.75) is 5.54 Å². The molecule has 8 heteroatoms. The summed E-state index contributed by atoms with van der Waals surface area (Å²) in [5.74, 6) is -0.0902. The monoisotopic (exact) mass is 445 g/mol. The molecule has 0 aromatic heterocycles. The SMILES string of the molecule is COc1ccc(NC(=O)CN2C(=O)NC(c3ccccc3)(c3ccccc3)C2=O)cc1OC. The molecule has 0 radical (unpaired) electrons. The Kier molecular flexibility index (Phi) is 5.99. The Bertz CT molecular complexity index is 1140. The summed E-state index contributed by atoms with van der Waals surface area (Å²) < 4.78 is 10.4. The summed E-state index contributed by atoms with van der Waals surface area (Å²) in [7, 11) is 3.00. The van der Waals surface area contributed by atoms with Crippen molar-refractivity contribution in [3.8, 4) is 11.5 Å². The van der Waals surface area contributed by atoms with Crippen molar-refractivity contribution in [3.63, 3.8) is 0 Å². The number of rotatable bonds is 7. The van der Waals surface area contributed by atoms with Gasteiger partial charge in [-0.05, 0) is 23.3 Å². The molecule has 4 amide bonds. The normalized spacial score (nSPS) is 14.5. The summed E-state index contributed by atoms with van der Waals surface area (Å²) in [4.78, 5) is 40.2. The van der Waals surface area contributed by atoms with E-state index in [1.165, 1.54) is 14.2 Å². The molecule has 0 saturated carbocycles. The molecule has 0 unspecified atom stereocenters. The van der Waals surface area contributed by atoms with Crippen LogP contribution in [0, 0.1) is 0 Å². The predicted octanol–water partition coefficient (Wildman–Crippen LogP) is 3.14. The van der Waals surface area contributed by atoms with Crippen LogP contribution in [0.3, 0.4) is 0 Å². The largest absolute Gasteiger partial charge is 0.493 e. The number of anilines is 1. The van der Waals surface area contributed by atoms with Gasteiger partial charge in [-0.2, -0.15) is 0 Å². The number of hydrogen-bond acceptors (Lipinski definition) is 5. The summed E-state index contributed by atoms with van der Waals surface area (Å²) in [6.45, 7) is -0.444. The molecular weight excluding hydrogens is 422 g/mol. The van der Waals surface area contributed by atoms with Crippen molar-refractivity contribution in [2.75, 3.05) is 26.1 Å². The van der Waals surface area contributed by atoms with Gasteiger partial charge in [-0.15, -0.1) is 0 Å². The maximum atomic E-state index is 13.6. The molecule has 1 aliphatic rings. The number of carbonyl (C=O) groups is 3. The third-order valence-corrected chi connectivity index (χ3v) is 5.49. The minimum absolute atomic E-state index is 0.442. The second-order valence-electron chi connectivity index (χ2n) is 7.42. The number of methoxy groups -OCH3 is 2. The average Bonchev–Trinajstić information content (AvgIpc) is 3.10. The number of carbonyl (C=O) groups excluding carboxylic acids is 3. The Balaban J connectivity index is 1.60. The van der Waals surface area contributed by atoms with Crippen LogP contribution in [0.5, 0.6) is 11.5 Å². The van der Waals surface area contributed by atoms with E-state index in [0.717, 1.165) is 4.90 Å². The van der Waals surface area contributed by atoms with Gasteiger partial charge in [0.25, 0.3) is 5.91 Å². The van der Waals surface area contributed by atoms with Crippen LogP contribution < -0.4 is 20.1 Å². The van der Waals surface area contributed by atoms with Crippen LogP contribution >= 0.6 is 0 Å². The predicted molar refractivity (Wildman–Crippen MR) is 122 cm³/mol. The number of ether oxygens (including phenoxy) is 2. The van der Waals surface area contributed by atoms with Crippen molar-refractivity contribution < 1.29 is 23.9 Å². The van der Waals surface area contributed by atoms with E-state index < -0.39 is 29.9 Å². The Morgan fingerprint density at radius 2 is 1.45 bits per heavy atom. The Hall–Kier alpha value is -4.33. The molecule has 0 spiro atoms. The topological polar surface area (TPSA) is 97.0 Å². The lowest BCUT2D eigenvalue weighted by molar-refractivity contribution is -0.133. The zero-order valence-corrected chi connectivity index (χ0v) is 18.2. The van der Waals surface area contributed by atoms with E-state index in [4.69, 9.17) is 9.47 Å². The molecule has 2 N–H and O–H groups in total. The van der Waals surface area contributed by atoms with Crippen LogP contribution in [-0.2, 0) is 15.1 Å². The van der Waals surface area contributed by atoms with E-state index in [1.807, 2.05) is 12.1 Å². The molecule has 0 aliphatic carbocycles. The van der Waals surface area contributed by atoms with Crippen LogP contribution in [0.25, 0.3) is 0 Å². The third kappa shape index (κ3) is 3.98. The number of nitrogens with zero attached hydrogens (tertiary/aromatic N) is 1. The van der Waals surface area contributed by atoms with Crippen molar-refractivity contribution in [1.29, 1.82) is 0 Å². The van der Waals surface area contributed by atoms with Gasteiger partial charge in [-0.1, -0.05) is 60.7 Å². The van der Waals surface area contributed by atoms with Crippen molar-refractivity contribution in [1.82, 2.24) is 10.2 Å². The highest BCUT2D eigenvalue weighted by molar-refractivity contribution is 6.12. The molecule has 0 bridgehead atoms. The average molecular weight is 445 g/mol. The number of amides is 4. The molecule has 8 nitrogen and oxygen atoms in total. The second kappa shape index (κ2) is 9.04. The van der Waals surface area contributed by atoms with Crippen LogP contribution in [0.15, 0.2) is 78.9 Å². The fraction of sp³-hybridized carbons (Fsp3) is 0.160. The van der Waals surface area contributed by atoms with Gasteiger partial charge in [0.1, 0.15) is 6.54 Å². The fourth-order valence-electron chi connectivity index (χ4n) is 3.91. The van der Waals surface area contributed by atoms with Gasteiger partial charge in [0.05, 0.1) is 14.2 Å². The molecule has 1 saturated heterocycles. The highest BCUT2D eigenvalue weighted by Crippen LogP contribution is 2.36. The number of imide groups is 1.